The number of carbonyl (C=O) groups excluding carboxylic acids is 1. The third-order valence-electron chi connectivity index (χ3n) is 4.59. The van der Waals surface area contributed by atoms with Crippen LogP contribution in [-0.2, 0) is 17.6 Å². The second-order valence-corrected chi connectivity index (χ2v) is 6.21. The first-order chi connectivity index (χ1) is 12.1. The molecular weight excluding hydrogens is 310 g/mol. The van der Waals surface area contributed by atoms with Crippen LogP contribution in [0, 0.1) is 0 Å². The molecule has 3 nitrogen and oxygen atoms in total. The van der Waals surface area contributed by atoms with Crippen LogP contribution in [0.15, 0.2) is 42.5 Å². The Balaban J connectivity index is 2.20. The number of benzene rings is 2. The highest BCUT2D eigenvalue weighted by Crippen LogP contribution is 2.28. The number of methoxy groups -OCH3 is 1. The van der Waals surface area contributed by atoms with Crippen molar-refractivity contribution in [2.24, 2.45) is 0 Å². The minimum absolute atomic E-state index is 0.0898. The maximum absolute atomic E-state index is 12.1. The highest BCUT2D eigenvalue weighted by Gasteiger charge is 2.16. The van der Waals surface area contributed by atoms with Crippen molar-refractivity contribution in [3.63, 3.8) is 0 Å². The van der Waals surface area contributed by atoms with Crippen LogP contribution in [0.3, 0.4) is 0 Å². The average molecular weight is 339 g/mol. The number of ether oxygens (including phenoxy) is 1. The Hall–Kier alpha value is -2.13. The number of hydrogen-bond donors (Lipinski definition) is 1. The van der Waals surface area contributed by atoms with Crippen LogP contribution < -0.4 is 10.1 Å². The number of nitrogens with one attached hydrogen (secondary N) is 1. The molecule has 0 aliphatic rings. The van der Waals surface area contributed by atoms with Crippen LogP contribution >= 0.6 is 0 Å². The molecule has 0 aromatic heterocycles. The van der Waals surface area contributed by atoms with E-state index in [0.717, 1.165) is 25.1 Å². The fourth-order valence-electron chi connectivity index (χ4n) is 3.12. The van der Waals surface area contributed by atoms with Crippen molar-refractivity contribution in [1.82, 2.24) is 5.32 Å². The second kappa shape index (κ2) is 9.38. The van der Waals surface area contributed by atoms with E-state index >= 15 is 0 Å². The summed E-state index contributed by atoms with van der Waals surface area (Å²) in [7, 11) is 1.70. The molecule has 1 atom stereocenters. The van der Waals surface area contributed by atoms with Gasteiger partial charge in [0.25, 0.3) is 0 Å². The summed E-state index contributed by atoms with van der Waals surface area (Å²) in [4.78, 5) is 12.1. The zero-order chi connectivity index (χ0) is 18.2. The van der Waals surface area contributed by atoms with Gasteiger partial charge in [0, 0.05) is 6.42 Å². The Morgan fingerprint density at radius 2 is 1.80 bits per heavy atom. The number of rotatable bonds is 9. The van der Waals surface area contributed by atoms with E-state index in [4.69, 9.17) is 4.74 Å². The molecule has 2 rings (SSSR count). The van der Waals surface area contributed by atoms with Crippen LogP contribution in [0.2, 0.25) is 0 Å². The molecule has 0 unspecified atom stereocenters. The molecule has 0 spiro atoms. The van der Waals surface area contributed by atoms with Crippen LogP contribution in [0.1, 0.15) is 38.3 Å². The van der Waals surface area contributed by atoms with Gasteiger partial charge >= 0.3 is 0 Å². The van der Waals surface area contributed by atoms with Crippen LogP contribution in [0.5, 0.6) is 5.75 Å². The molecule has 0 aliphatic carbocycles. The Morgan fingerprint density at radius 3 is 2.36 bits per heavy atom. The molecule has 0 heterocycles. The number of aryl methyl sites for hydroxylation is 1. The maximum atomic E-state index is 12.1. The van der Waals surface area contributed by atoms with Crippen LogP contribution in [-0.4, -0.2) is 25.5 Å². The van der Waals surface area contributed by atoms with E-state index in [1.807, 2.05) is 19.9 Å². The lowest BCUT2D eigenvalue weighted by molar-refractivity contribution is -0.120. The van der Waals surface area contributed by atoms with E-state index in [-0.39, 0.29) is 11.8 Å². The fraction of sp³-hybridized carbons (Fsp3) is 0.409. The molecule has 134 valence electrons. The third-order valence-corrected chi connectivity index (χ3v) is 4.59. The first-order valence-corrected chi connectivity index (χ1v) is 9.15. The molecule has 3 heteroatoms. The van der Waals surface area contributed by atoms with Crippen molar-refractivity contribution in [1.29, 1.82) is 0 Å². The minimum atomic E-state index is -0.0898. The normalized spacial score (nSPS) is 12.0. The number of ketones is 1. The predicted octanol–water partition coefficient (Wildman–Crippen LogP) is 4.42. The molecule has 0 saturated carbocycles. The lowest BCUT2D eigenvalue weighted by atomic mass is 9.95. The number of Topliss-reactive ketones (excluding diaryl/α,β-unsaturated/α-hetero) is 1. The predicted molar refractivity (Wildman–Crippen MR) is 104 cm³/mol. The van der Waals surface area contributed by atoms with Crippen molar-refractivity contribution in [3.8, 4) is 16.9 Å². The minimum Gasteiger partial charge on any atom is -0.497 e. The van der Waals surface area contributed by atoms with E-state index in [0.29, 0.717) is 6.42 Å². The largest absolute Gasteiger partial charge is 0.497 e. The molecular formula is C22H29NO2. The Morgan fingerprint density at radius 1 is 1.08 bits per heavy atom. The first kappa shape index (κ1) is 19.2. The van der Waals surface area contributed by atoms with Gasteiger partial charge in [0.05, 0.1) is 13.2 Å². The molecule has 0 bridgehead atoms. The number of hydrogen-bond acceptors (Lipinski definition) is 3. The quantitative estimate of drug-likeness (QED) is 0.735. The van der Waals surface area contributed by atoms with Gasteiger partial charge in [0.2, 0.25) is 0 Å². The average Bonchev–Trinajstić information content (AvgIpc) is 2.67. The van der Waals surface area contributed by atoms with Gasteiger partial charge < -0.3 is 10.1 Å². The molecule has 0 radical (unpaired) electrons. The van der Waals surface area contributed by atoms with Gasteiger partial charge in [-0.3, -0.25) is 4.79 Å². The van der Waals surface area contributed by atoms with Crippen LogP contribution in [0.25, 0.3) is 11.1 Å². The van der Waals surface area contributed by atoms with Crippen molar-refractivity contribution in [2.45, 2.75) is 46.1 Å². The third kappa shape index (κ3) is 4.93. The van der Waals surface area contributed by atoms with Crippen LogP contribution in [0.4, 0.5) is 0 Å². The molecule has 25 heavy (non-hydrogen) atoms. The summed E-state index contributed by atoms with van der Waals surface area (Å²) in [6.07, 6.45) is 2.27. The summed E-state index contributed by atoms with van der Waals surface area (Å²) < 4.78 is 5.33. The van der Waals surface area contributed by atoms with E-state index in [1.54, 1.807) is 7.11 Å². The molecule has 2 aromatic carbocycles. The van der Waals surface area contributed by atoms with E-state index in [9.17, 15) is 4.79 Å². The summed E-state index contributed by atoms with van der Waals surface area (Å²) in [6.45, 7) is 6.92. The summed E-state index contributed by atoms with van der Waals surface area (Å²) in [5.41, 5.74) is 4.90. The Labute approximate surface area is 151 Å². The van der Waals surface area contributed by atoms with Crippen molar-refractivity contribution in [3.05, 3.63) is 53.6 Å². The van der Waals surface area contributed by atoms with Crippen molar-refractivity contribution >= 4 is 5.78 Å². The van der Waals surface area contributed by atoms with E-state index in [1.165, 1.54) is 22.3 Å². The monoisotopic (exact) mass is 339 g/mol. The van der Waals surface area contributed by atoms with Gasteiger partial charge in [-0.1, -0.05) is 51.1 Å². The smallest absolute Gasteiger partial charge is 0.149 e. The molecule has 0 amide bonds. The highest BCUT2D eigenvalue weighted by atomic mass is 16.5. The number of likely N-dealkylation sites (N-methyl/N-ethyl adjacent to an activating group) is 1. The second-order valence-electron chi connectivity index (χ2n) is 6.21. The summed E-state index contributed by atoms with van der Waals surface area (Å²) >= 11 is 0. The first-order valence-electron chi connectivity index (χ1n) is 9.15. The molecule has 0 saturated heterocycles. The van der Waals surface area contributed by atoms with Gasteiger partial charge in [-0.05, 0) is 53.8 Å². The SMILES string of the molecule is CCN[C@@H](Cc1ccc(-c2ccc(OC)cc2CC)cc1)C(=O)CC. The summed E-state index contributed by atoms with van der Waals surface area (Å²) in [5.74, 6) is 1.16. The van der Waals surface area contributed by atoms with Crippen molar-refractivity contribution < 1.29 is 9.53 Å². The standard InChI is InChI=1S/C22H29NO2/c1-5-17-15-19(25-4)12-13-20(17)18-10-8-16(9-11-18)14-21(23-7-3)22(24)6-2/h8-13,15,21,23H,5-7,14H2,1-4H3/t21-/m0/s1. The maximum Gasteiger partial charge on any atom is 0.149 e. The Kier molecular flexibility index (Phi) is 7.20. The van der Waals surface area contributed by atoms with Gasteiger partial charge in [-0.25, -0.2) is 0 Å². The van der Waals surface area contributed by atoms with Gasteiger partial charge in [-0.15, -0.1) is 0 Å². The van der Waals surface area contributed by atoms with E-state index in [2.05, 4.69) is 48.6 Å². The number of carbonyl (C=O) groups is 1. The Bertz CT molecular complexity index is 692. The molecule has 1 N–H and O–H groups in total. The molecule has 0 aliphatic heterocycles. The highest BCUT2D eigenvalue weighted by molar-refractivity contribution is 5.84. The fourth-order valence-corrected chi connectivity index (χ4v) is 3.12. The van der Waals surface area contributed by atoms with E-state index < -0.39 is 0 Å². The van der Waals surface area contributed by atoms with Crippen molar-refractivity contribution in [2.75, 3.05) is 13.7 Å². The molecule has 0 fully saturated rings. The summed E-state index contributed by atoms with van der Waals surface area (Å²) in [5, 5.41) is 3.30. The van der Waals surface area contributed by atoms with Gasteiger partial charge in [-0.2, -0.15) is 0 Å². The summed E-state index contributed by atoms with van der Waals surface area (Å²) in [6, 6.07) is 14.7. The lowest BCUT2D eigenvalue weighted by Gasteiger charge is -2.16. The topological polar surface area (TPSA) is 38.3 Å². The van der Waals surface area contributed by atoms with Gasteiger partial charge in [0.1, 0.15) is 11.5 Å². The zero-order valence-corrected chi connectivity index (χ0v) is 15.8. The lowest BCUT2D eigenvalue weighted by Crippen LogP contribution is -2.38. The van der Waals surface area contributed by atoms with Gasteiger partial charge in [0.15, 0.2) is 0 Å². The zero-order valence-electron chi connectivity index (χ0n) is 15.8. The molecule has 2 aromatic rings.